The third kappa shape index (κ3) is 16.3. The molecule has 0 radical (unpaired) electrons. The van der Waals surface area contributed by atoms with Gasteiger partial charge in [-0.1, -0.05) is 0 Å². The van der Waals surface area contributed by atoms with Gasteiger partial charge in [-0.15, -0.1) is 0 Å². The number of fused-ring (bicyclic) bond motifs is 2. The van der Waals surface area contributed by atoms with E-state index in [0.717, 1.165) is 46.8 Å². The van der Waals surface area contributed by atoms with Gasteiger partial charge in [-0.05, 0) is 51.0 Å². The molecular weight excluding hydrogens is 824 g/mol. The third-order valence-corrected chi connectivity index (χ3v) is 8.12. The Hall–Kier alpha value is -6.86. The van der Waals surface area contributed by atoms with E-state index in [-0.39, 0.29) is 52.3 Å². The summed E-state index contributed by atoms with van der Waals surface area (Å²) in [6.07, 6.45) is -8.19. The van der Waals surface area contributed by atoms with Gasteiger partial charge >= 0.3 is 59.7 Å². The predicted octanol–water partition coefficient (Wildman–Crippen LogP) is 3.79. The number of hydrogen-bond acceptors (Lipinski definition) is 20. The smallest absolute Gasteiger partial charge is 0.342 e. The van der Waals surface area contributed by atoms with Crippen molar-refractivity contribution in [1.29, 1.82) is 0 Å². The van der Waals surface area contributed by atoms with Crippen LogP contribution in [0.4, 0.5) is 0 Å². The van der Waals surface area contributed by atoms with Gasteiger partial charge in [0.05, 0.1) is 19.3 Å². The van der Waals surface area contributed by atoms with Crippen LogP contribution in [-0.4, -0.2) is 96.8 Å². The molecule has 20 heteroatoms. The average molecular weight is 873 g/mol. The zero-order valence-corrected chi connectivity index (χ0v) is 35.6. The van der Waals surface area contributed by atoms with Gasteiger partial charge in [0.15, 0.2) is 0 Å². The molecule has 2 aromatic rings. The number of esters is 10. The molecule has 0 amide bonds. The molecule has 0 bridgehead atoms. The van der Waals surface area contributed by atoms with E-state index in [2.05, 4.69) is 0 Å². The standard InChI is InChI=1S/C42H48O20/c1-20-10-29-14-31(58-25(6)44)16-34(60-27(8)46)39(29)42(52)57-23(4)13-37(49)62-33(19-53-24(5)43)18-38(50)55-21(2)11-30-15-32(59-26(7)45)17-35(61-28(9)47)40(30)41(51)56-22(3)12-36(48)54-20/h14-17,20-23,33H,10-13,18-19H2,1-9H3. The SMILES string of the molecule is CC(=O)OCC1CC(=O)OC(C)Cc2cc(OC(C)=O)cc(OC(C)=O)c2C(=O)OC(C)CC(=O)OC(C)Cc2cc(OC(C)=O)cc(OC(C)=O)c2C(=O)OC(C)CC(=O)O1. The lowest BCUT2D eigenvalue weighted by molar-refractivity contribution is -0.165. The van der Waals surface area contributed by atoms with Gasteiger partial charge in [0.2, 0.25) is 0 Å². The average Bonchev–Trinajstić information content (AvgIpc) is 3.08. The molecular formula is C42H48O20. The maximum Gasteiger partial charge on any atom is 0.342 e. The number of cyclic esters (lactones) is 5. The molecule has 1 aliphatic rings. The summed E-state index contributed by atoms with van der Waals surface area (Å²) < 4.78 is 53.6. The van der Waals surface area contributed by atoms with Crippen molar-refractivity contribution in [3.63, 3.8) is 0 Å². The molecule has 0 saturated carbocycles. The zero-order chi connectivity index (χ0) is 46.4. The molecule has 336 valence electrons. The van der Waals surface area contributed by atoms with Gasteiger partial charge in [-0.2, -0.15) is 0 Å². The predicted molar refractivity (Wildman–Crippen MR) is 207 cm³/mol. The summed E-state index contributed by atoms with van der Waals surface area (Å²) in [6.45, 7) is 10.4. The number of ether oxygens (including phenoxy) is 10. The van der Waals surface area contributed by atoms with Crippen LogP contribution in [0.25, 0.3) is 0 Å². The number of hydrogen-bond donors (Lipinski definition) is 0. The van der Waals surface area contributed by atoms with Crippen LogP contribution in [-0.2, 0) is 79.6 Å². The second kappa shape index (κ2) is 22.7. The fraction of sp³-hybridized carbons (Fsp3) is 0.476. The maximum atomic E-state index is 13.8. The Labute approximate surface area is 355 Å². The summed E-state index contributed by atoms with van der Waals surface area (Å²) in [6, 6.07) is 4.70. The van der Waals surface area contributed by atoms with Crippen molar-refractivity contribution in [2.24, 2.45) is 0 Å². The van der Waals surface area contributed by atoms with E-state index in [9.17, 15) is 47.9 Å². The van der Waals surface area contributed by atoms with E-state index in [1.165, 1.54) is 39.8 Å². The molecule has 0 spiro atoms. The van der Waals surface area contributed by atoms with E-state index < -0.39 is 122 Å². The first-order chi connectivity index (χ1) is 29.0. The Balaban J connectivity index is 2.14. The molecule has 5 unspecified atom stereocenters. The Kier molecular flexibility index (Phi) is 18.1. The van der Waals surface area contributed by atoms with Crippen LogP contribution in [0.3, 0.4) is 0 Å². The van der Waals surface area contributed by atoms with Crippen LogP contribution in [0.5, 0.6) is 23.0 Å². The quantitative estimate of drug-likeness (QED) is 0.227. The lowest BCUT2D eigenvalue weighted by Gasteiger charge is -2.22. The van der Waals surface area contributed by atoms with Gasteiger partial charge in [0, 0.05) is 59.6 Å². The lowest BCUT2D eigenvalue weighted by Crippen LogP contribution is -2.31. The van der Waals surface area contributed by atoms with Crippen molar-refractivity contribution in [2.45, 2.75) is 125 Å². The second-order valence-corrected chi connectivity index (χ2v) is 14.3. The fourth-order valence-electron chi connectivity index (χ4n) is 6.04. The number of carbonyl (C=O) groups is 10. The Morgan fingerprint density at radius 2 is 0.823 bits per heavy atom. The summed E-state index contributed by atoms with van der Waals surface area (Å²) in [4.78, 5) is 127. The number of carbonyl (C=O) groups excluding carboxylic acids is 10. The summed E-state index contributed by atoms with van der Waals surface area (Å²) in [5, 5.41) is 0. The topological polar surface area (TPSA) is 263 Å². The van der Waals surface area contributed by atoms with Crippen LogP contribution >= 0.6 is 0 Å². The first kappa shape index (κ1) is 49.5. The molecule has 62 heavy (non-hydrogen) atoms. The Bertz CT molecular complexity index is 2090. The molecule has 2 aromatic carbocycles. The molecule has 0 N–H and O–H groups in total. The van der Waals surface area contributed by atoms with Gasteiger partial charge in [-0.25, -0.2) is 9.59 Å². The second-order valence-electron chi connectivity index (χ2n) is 14.3. The highest BCUT2D eigenvalue weighted by Gasteiger charge is 2.31. The van der Waals surface area contributed by atoms with Crippen LogP contribution in [0.2, 0.25) is 0 Å². The summed E-state index contributed by atoms with van der Waals surface area (Å²) in [5.41, 5.74) is -0.645. The number of rotatable bonds is 6. The third-order valence-electron chi connectivity index (χ3n) is 8.12. The van der Waals surface area contributed by atoms with Crippen molar-refractivity contribution < 1.29 is 95.3 Å². The molecule has 1 heterocycles. The van der Waals surface area contributed by atoms with E-state index in [1.54, 1.807) is 0 Å². The van der Waals surface area contributed by atoms with Gasteiger partial charge in [0.25, 0.3) is 0 Å². The summed E-state index contributed by atoms with van der Waals surface area (Å²) in [7, 11) is 0. The van der Waals surface area contributed by atoms with Crippen LogP contribution in [0.1, 0.15) is 113 Å². The monoisotopic (exact) mass is 872 g/mol. The van der Waals surface area contributed by atoms with Crippen molar-refractivity contribution in [2.75, 3.05) is 6.61 Å². The fourth-order valence-corrected chi connectivity index (χ4v) is 6.04. The highest BCUT2D eigenvalue weighted by Crippen LogP contribution is 2.34. The van der Waals surface area contributed by atoms with E-state index >= 15 is 0 Å². The minimum atomic E-state index is -1.39. The first-order valence-electron chi connectivity index (χ1n) is 19.2. The molecule has 0 saturated heterocycles. The molecule has 20 nitrogen and oxygen atoms in total. The van der Waals surface area contributed by atoms with Gasteiger partial charge in [0.1, 0.15) is 71.3 Å². The zero-order valence-electron chi connectivity index (χ0n) is 35.6. The van der Waals surface area contributed by atoms with Crippen LogP contribution in [0, 0.1) is 0 Å². The summed E-state index contributed by atoms with van der Waals surface area (Å²) in [5.74, 6) is -10.1. The highest BCUT2D eigenvalue weighted by atomic mass is 16.6. The van der Waals surface area contributed by atoms with E-state index in [4.69, 9.17) is 47.4 Å². The Morgan fingerprint density at radius 3 is 1.19 bits per heavy atom. The molecule has 1 aliphatic heterocycles. The molecule has 0 aliphatic carbocycles. The van der Waals surface area contributed by atoms with E-state index in [0.29, 0.717) is 0 Å². The molecule has 0 fully saturated rings. The Morgan fingerprint density at radius 1 is 0.468 bits per heavy atom. The molecule has 0 aromatic heterocycles. The summed E-state index contributed by atoms with van der Waals surface area (Å²) >= 11 is 0. The van der Waals surface area contributed by atoms with Crippen LogP contribution in [0.15, 0.2) is 24.3 Å². The van der Waals surface area contributed by atoms with Gasteiger partial charge in [-0.3, -0.25) is 38.4 Å². The van der Waals surface area contributed by atoms with Gasteiger partial charge < -0.3 is 47.4 Å². The number of benzene rings is 2. The van der Waals surface area contributed by atoms with Crippen molar-refractivity contribution in [3.8, 4) is 23.0 Å². The highest BCUT2D eigenvalue weighted by molar-refractivity contribution is 5.97. The molecule has 3 rings (SSSR count). The minimum Gasteiger partial charge on any atom is -0.462 e. The normalized spacial score (nSPS) is 20.7. The largest absolute Gasteiger partial charge is 0.462 e. The molecule has 5 atom stereocenters. The lowest BCUT2D eigenvalue weighted by atomic mass is 10.00. The van der Waals surface area contributed by atoms with Crippen LogP contribution < -0.4 is 18.9 Å². The van der Waals surface area contributed by atoms with Crippen molar-refractivity contribution in [3.05, 3.63) is 46.5 Å². The maximum absolute atomic E-state index is 13.8. The van der Waals surface area contributed by atoms with Crippen molar-refractivity contribution >= 4 is 59.7 Å². The van der Waals surface area contributed by atoms with E-state index in [1.807, 2.05) is 0 Å². The minimum absolute atomic E-state index is 0.0194. The first-order valence-corrected chi connectivity index (χ1v) is 19.2. The van der Waals surface area contributed by atoms with Crippen molar-refractivity contribution in [1.82, 2.24) is 0 Å².